The topological polar surface area (TPSA) is 96.0 Å². The summed E-state index contributed by atoms with van der Waals surface area (Å²) in [6.07, 6.45) is 3.71. The van der Waals surface area contributed by atoms with Gasteiger partial charge in [-0.05, 0) is 50.2 Å². The zero-order chi connectivity index (χ0) is 24.5. The Labute approximate surface area is 201 Å². The first-order chi connectivity index (χ1) is 17.0. The molecule has 1 N–H and O–H groups in total. The minimum absolute atomic E-state index is 0.371. The monoisotopic (exact) mass is 468 g/mol. The van der Waals surface area contributed by atoms with Gasteiger partial charge in [0.15, 0.2) is 5.82 Å². The summed E-state index contributed by atoms with van der Waals surface area (Å²) >= 11 is 0. The number of methoxy groups -OCH3 is 1. The number of aromatic nitrogens is 5. The summed E-state index contributed by atoms with van der Waals surface area (Å²) < 4.78 is 10.0. The maximum absolute atomic E-state index is 13.8. The summed E-state index contributed by atoms with van der Waals surface area (Å²) in [7, 11) is 1.56. The number of rotatable bonds is 6. The predicted octanol–water partition coefficient (Wildman–Crippen LogP) is 3.89. The second-order valence-electron chi connectivity index (χ2n) is 8.12. The van der Waals surface area contributed by atoms with Gasteiger partial charge in [-0.15, -0.1) is 0 Å². The molecule has 0 spiro atoms. The van der Waals surface area contributed by atoms with E-state index in [1.54, 1.807) is 49.9 Å². The number of fused-ring (bicyclic) bond motifs is 1. The Kier molecular flexibility index (Phi) is 5.66. The third-order valence-corrected chi connectivity index (χ3v) is 5.82. The van der Waals surface area contributed by atoms with Gasteiger partial charge in [0.2, 0.25) is 5.91 Å². The highest BCUT2D eigenvalue weighted by molar-refractivity contribution is 5.94. The molecule has 2 aromatic carbocycles. The molecule has 0 aliphatic rings. The lowest BCUT2D eigenvalue weighted by Crippen LogP contribution is -2.34. The predicted molar refractivity (Wildman–Crippen MR) is 134 cm³/mol. The van der Waals surface area contributed by atoms with Crippen LogP contribution in [-0.4, -0.2) is 37.1 Å². The number of hydrogen-bond acceptors (Lipinski definition) is 5. The average Bonchev–Trinajstić information content (AvgIpc) is 3.55. The van der Waals surface area contributed by atoms with E-state index >= 15 is 0 Å². The molecular weight excluding hydrogens is 444 g/mol. The summed E-state index contributed by atoms with van der Waals surface area (Å²) in [6.45, 7) is 3.43. The first-order valence-corrected chi connectivity index (χ1v) is 11.1. The van der Waals surface area contributed by atoms with E-state index in [0.717, 1.165) is 5.69 Å². The number of benzene rings is 2. The van der Waals surface area contributed by atoms with Gasteiger partial charge in [0, 0.05) is 24.1 Å². The van der Waals surface area contributed by atoms with E-state index in [4.69, 9.17) is 9.84 Å². The summed E-state index contributed by atoms with van der Waals surface area (Å²) in [5.41, 5.74) is 2.01. The number of carbonyl (C=O) groups is 1. The molecule has 3 heterocycles. The van der Waals surface area contributed by atoms with Gasteiger partial charge in [-0.1, -0.05) is 24.3 Å². The number of nitrogens with zero attached hydrogens (tertiary/aromatic N) is 5. The molecule has 0 fully saturated rings. The van der Waals surface area contributed by atoms with Crippen LogP contribution in [0.4, 0.5) is 5.69 Å². The van der Waals surface area contributed by atoms with Crippen molar-refractivity contribution in [2.45, 2.75) is 19.9 Å². The quantitative estimate of drug-likeness (QED) is 0.408. The number of aryl methyl sites for hydroxylation is 1. The van der Waals surface area contributed by atoms with Gasteiger partial charge in [0.25, 0.3) is 5.56 Å². The van der Waals surface area contributed by atoms with Crippen LogP contribution in [0.25, 0.3) is 22.4 Å². The van der Waals surface area contributed by atoms with Gasteiger partial charge in [0.1, 0.15) is 22.7 Å². The SMILES string of the molecule is COc1cccc(NC(=O)[C@H](C)n2nc(C)c3nn(-c4ccccc4)c(-n4cccc4)c3c2=O)c1. The molecule has 5 rings (SSSR count). The van der Waals surface area contributed by atoms with E-state index in [2.05, 4.69) is 10.4 Å². The van der Waals surface area contributed by atoms with Gasteiger partial charge in [-0.25, -0.2) is 9.36 Å². The second kappa shape index (κ2) is 8.94. The fourth-order valence-corrected chi connectivity index (χ4v) is 4.01. The van der Waals surface area contributed by atoms with Gasteiger partial charge >= 0.3 is 0 Å². The average molecular weight is 469 g/mol. The van der Waals surface area contributed by atoms with Gasteiger partial charge in [-0.2, -0.15) is 10.2 Å². The first-order valence-electron chi connectivity index (χ1n) is 11.1. The molecule has 0 unspecified atom stereocenters. The van der Waals surface area contributed by atoms with Crippen LogP contribution in [-0.2, 0) is 4.79 Å². The third-order valence-electron chi connectivity index (χ3n) is 5.82. The Bertz CT molecular complexity index is 1570. The highest BCUT2D eigenvalue weighted by Crippen LogP contribution is 2.25. The molecule has 9 nitrogen and oxygen atoms in total. The van der Waals surface area contributed by atoms with Crippen LogP contribution in [0.15, 0.2) is 83.9 Å². The summed E-state index contributed by atoms with van der Waals surface area (Å²) in [4.78, 5) is 26.8. The Balaban J connectivity index is 1.64. The summed E-state index contributed by atoms with van der Waals surface area (Å²) in [5.74, 6) is 0.832. The van der Waals surface area contributed by atoms with E-state index in [1.807, 2.05) is 59.4 Å². The largest absolute Gasteiger partial charge is 0.497 e. The minimum atomic E-state index is -0.866. The minimum Gasteiger partial charge on any atom is -0.497 e. The van der Waals surface area contributed by atoms with E-state index < -0.39 is 11.6 Å². The summed E-state index contributed by atoms with van der Waals surface area (Å²) in [6, 6.07) is 19.5. The molecule has 5 aromatic rings. The van der Waals surface area contributed by atoms with Crippen molar-refractivity contribution in [3.05, 3.63) is 95.2 Å². The van der Waals surface area contributed by atoms with Gasteiger partial charge in [-0.3, -0.25) is 9.59 Å². The normalized spacial score (nSPS) is 12.0. The van der Waals surface area contributed by atoms with E-state index in [-0.39, 0.29) is 5.91 Å². The van der Waals surface area contributed by atoms with Crippen molar-refractivity contribution in [2.24, 2.45) is 0 Å². The highest BCUT2D eigenvalue weighted by atomic mass is 16.5. The fourth-order valence-electron chi connectivity index (χ4n) is 4.01. The maximum atomic E-state index is 13.8. The van der Waals surface area contributed by atoms with Crippen LogP contribution in [0.5, 0.6) is 5.75 Å². The molecule has 0 saturated heterocycles. The standard InChI is InChI=1S/C26H24N6O3/c1-17-23-22(25(30-14-7-8-15-30)32(29-23)20-11-5-4-6-12-20)26(34)31(28-17)18(2)24(33)27-19-10-9-13-21(16-19)35-3/h4-16,18H,1-3H3,(H,27,33)/t18-/m0/s1. The van der Waals surface area contributed by atoms with Crippen molar-refractivity contribution in [1.29, 1.82) is 0 Å². The van der Waals surface area contributed by atoms with Crippen LogP contribution >= 0.6 is 0 Å². The van der Waals surface area contributed by atoms with Crippen LogP contribution in [0.3, 0.4) is 0 Å². The van der Waals surface area contributed by atoms with Crippen LogP contribution in [0.2, 0.25) is 0 Å². The molecule has 176 valence electrons. The molecule has 0 bridgehead atoms. The molecule has 0 radical (unpaired) electrons. The zero-order valence-corrected chi connectivity index (χ0v) is 19.5. The van der Waals surface area contributed by atoms with E-state index in [1.165, 1.54) is 4.68 Å². The number of para-hydroxylation sites is 1. The Morgan fingerprint density at radius 2 is 1.74 bits per heavy atom. The van der Waals surface area contributed by atoms with Crippen LogP contribution in [0.1, 0.15) is 18.7 Å². The number of carbonyl (C=O) groups excluding carboxylic acids is 1. The van der Waals surface area contributed by atoms with Crippen molar-refractivity contribution >= 4 is 22.5 Å². The van der Waals surface area contributed by atoms with Crippen molar-refractivity contribution in [3.8, 4) is 17.3 Å². The van der Waals surface area contributed by atoms with Crippen molar-refractivity contribution < 1.29 is 9.53 Å². The van der Waals surface area contributed by atoms with Crippen molar-refractivity contribution in [3.63, 3.8) is 0 Å². The van der Waals surface area contributed by atoms with Crippen LogP contribution < -0.4 is 15.6 Å². The second-order valence-corrected chi connectivity index (χ2v) is 8.12. The molecule has 3 aromatic heterocycles. The number of hydrogen-bond donors (Lipinski definition) is 1. The Morgan fingerprint density at radius 1 is 1.00 bits per heavy atom. The summed E-state index contributed by atoms with van der Waals surface area (Å²) in [5, 5.41) is 12.4. The molecule has 9 heteroatoms. The molecular formula is C26H24N6O3. The molecule has 0 saturated carbocycles. The molecule has 35 heavy (non-hydrogen) atoms. The van der Waals surface area contributed by atoms with Crippen molar-refractivity contribution in [2.75, 3.05) is 12.4 Å². The molecule has 1 atom stereocenters. The van der Waals surface area contributed by atoms with Gasteiger partial charge in [0.05, 0.1) is 18.5 Å². The van der Waals surface area contributed by atoms with Crippen molar-refractivity contribution in [1.82, 2.24) is 24.1 Å². The number of nitrogens with one attached hydrogen (secondary N) is 1. The lowest BCUT2D eigenvalue weighted by Gasteiger charge is -2.15. The number of amides is 1. The fraction of sp³-hybridized carbons (Fsp3) is 0.154. The zero-order valence-electron chi connectivity index (χ0n) is 19.5. The molecule has 0 aliphatic carbocycles. The third kappa shape index (κ3) is 3.97. The van der Waals surface area contributed by atoms with E-state index in [9.17, 15) is 9.59 Å². The molecule has 1 amide bonds. The van der Waals surface area contributed by atoms with E-state index in [0.29, 0.717) is 33.9 Å². The number of ether oxygens (including phenoxy) is 1. The van der Waals surface area contributed by atoms with Crippen LogP contribution in [0, 0.1) is 6.92 Å². The lowest BCUT2D eigenvalue weighted by molar-refractivity contribution is -0.119. The number of anilines is 1. The Hall–Kier alpha value is -4.66. The smallest absolute Gasteiger partial charge is 0.280 e. The maximum Gasteiger partial charge on any atom is 0.280 e. The first kappa shape index (κ1) is 22.1. The highest BCUT2D eigenvalue weighted by Gasteiger charge is 2.25. The molecule has 0 aliphatic heterocycles. The van der Waals surface area contributed by atoms with Gasteiger partial charge < -0.3 is 14.6 Å². The lowest BCUT2D eigenvalue weighted by atomic mass is 10.2. The Morgan fingerprint density at radius 3 is 2.46 bits per heavy atom.